The van der Waals surface area contributed by atoms with Gasteiger partial charge >= 0.3 is 0 Å². The van der Waals surface area contributed by atoms with Crippen LogP contribution in [0.2, 0.25) is 0 Å². The quantitative estimate of drug-likeness (QED) is 0.436. The molecule has 168 valence electrons. The molecule has 0 spiro atoms. The Hall–Kier alpha value is -4.39. The zero-order chi connectivity index (χ0) is 23.1. The molecule has 7 heteroatoms. The van der Waals surface area contributed by atoms with Crippen molar-refractivity contribution >= 4 is 28.0 Å². The summed E-state index contributed by atoms with van der Waals surface area (Å²) in [6, 6.07) is 21.7. The number of nitrogens with zero attached hydrogens (tertiary/aromatic N) is 2. The van der Waals surface area contributed by atoms with Gasteiger partial charge in [-0.3, -0.25) is 14.2 Å². The molecule has 34 heavy (non-hydrogen) atoms. The van der Waals surface area contributed by atoms with Crippen molar-refractivity contribution in [1.82, 2.24) is 14.9 Å². The molecule has 1 amide bonds. The maximum Gasteiger partial charge on any atom is 0.297 e. The molecule has 0 aliphatic carbocycles. The maximum absolute atomic E-state index is 12.8. The van der Waals surface area contributed by atoms with Crippen LogP contribution in [0.4, 0.5) is 0 Å². The van der Waals surface area contributed by atoms with Crippen LogP contribution < -0.4 is 15.6 Å². The van der Waals surface area contributed by atoms with Crippen LogP contribution in [0, 0.1) is 0 Å². The fourth-order valence-corrected chi connectivity index (χ4v) is 4.32. The lowest BCUT2D eigenvalue weighted by Crippen LogP contribution is -2.32. The van der Waals surface area contributed by atoms with Crippen molar-refractivity contribution in [3.8, 4) is 16.9 Å². The van der Waals surface area contributed by atoms with Crippen molar-refractivity contribution in [3.05, 3.63) is 94.5 Å². The van der Waals surface area contributed by atoms with Crippen LogP contribution in [0.25, 0.3) is 33.2 Å². The number of hydrogen-bond donors (Lipinski definition) is 1. The normalized spacial score (nSPS) is 12.6. The molecule has 1 aliphatic heterocycles. The van der Waals surface area contributed by atoms with Gasteiger partial charge in [0.15, 0.2) is 0 Å². The van der Waals surface area contributed by atoms with Crippen molar-refractivity contribution < 1.29 is 13.9 Å². The molecule has 0 saturated heterocycles. The number of carbonyl (C=O) groups is 1. The third kappa shape index (κ3) is 3.61. The van der Waals surface area contributed by atoms with E-state index in [0.717, 1.165) is 40.9 Å². The molecular weight excluding hydrogens is 430 g/mol. The number of hydrogen-bond acceptors (Lipinski definition) is 5. The average molecular weight is 451 g/mol. The monoisotopic (exact) mass is 451 g/mol. The number of carbonyl (C=O) groups excluding carboxylic acids is 1. The lowest BCUT2D eigenvalue weighted by molar-refractivity contribution is -0.121. The number of benzene rings is 3. The first kappa shape index (κ1) is 20.2. The Labute approximate surface area is 194 Å². The molecule has 7 nitrogen and oxygen atoms in total. The summed E-state index contributed by atoms with van der Waals surface area (Å²) in [5.74, 6) is 0.693. The van der Waals surface area contributed by atoms with Gasteiger partial charge in [0.05, 0.1) is 12.9 Å². The second kappa shape index (κ2) is 8.19. The van der Waals surface area contributed by atoms with Crippen molar-refractivity contribution in [2.45, 2.75) is 19.5 Å². The molecule has 0 atom stereocenters. The highest BCUT2D eigenvalue weighted by Crippen LogP contribution is 2.30. The zero-order valence-corrected chi connectivity index (χ0v) is 18.3. The van der Waals surface area contributed by atoms with Crippen molar-refractivity contribution in [2.75, 3.05) is 6.61 Å². The van der Waals surface area contributed by atoms with Gasteiger partial charge in [0.25, 0.3) is 5.56 Å². The second-order valence-corrected chi connectivity index (χ2v) is 8.35. The predicted molar refractivity (Wildman–Crippen MR) is 129 cm³/mol. The first-order chi connectivity index (χ1) is 16.7. The summed E-state index contributed by atoms with van der Waals surface area (Å²) in [6.45, 7) is 0.978. The van der Waals surface area contributed by atoms with Gasteiger partial charge in [-0.05, 0) is 46.5 Å². The van der Waals surface area contributed by atoms with Crippen LogP contribution in [0.3, 0.4) is 0 Å². The van der Waals surface area contributed by atoms with Crippen LogP contribution in [-0.2, 0) is 24.3 Å². The van der Waals surface area contributed by atoms with Gasteiger partial charge in [-0.1, -0.05) is 42.5 Å². The smallest absolute Gasteiger partial charge is 0.297 e. The molecule has 2 aromatic heterocycles. The van der Waals surface area contributed by atoms with Gasteiger partial charge < -0.3 is 14.5 Å². The Morgan fingerprint density at radius 1 is 1.03 bits per heavy atom. The molecule has 0 fully saturated rings. The predicted octanol–water partition coefficient (Wildman–Crippen LogP) is 4.06. The fourth-order valence-electron chi connectivity index (χ4n) is 4.32. The lowest BCUT2D eigenvalue weighted by atomic mass is 10.0. The van der Waals surface area contributed by atoms with Gasteiger partial charge in [0.2, 0.25) is 11.5 Å². The number of fused-ring (bicyclic) bond motifs is 4. The summed E-state index contributed by atoms with van der Waals surface area (Å²) in [5.41, 5.74) is 5.35. The fraction of sp³-hybridized carbons (Fsp3) is 0.148. The van der Waals surface area contributed by atoms with E-state index in [1.54, 1.807) is 6.07 Å². The molecule has 0 radical (unpaired) electrons. The molecule has 1 aliphatic rings. The summed E-state index contributed by atoms with van der Waals surface area (Å²) in [4.78, 5) is 29.6. The zero-order valence-electron chi connectivity index (χ0n) is 18.3. The van der Waals surface area contributed by atoms with Crippen molar-refractivity contribution in [3.63, 3.8) is 0 Å². The number of aromatic nitrogens is 2. The third-order valence-corrected chi connectivity index (χ3v) is 6.13. The van der Waals surface area contributed by atoms with Gasteiger partial charge in [-0.15, -0.1) is 0 Å². The number of para-hydroxylation sites is 1. The van der Waals surface area contributed by atoms with Crippen LogP contribution >= 0.6 is 0 Å². The SMILES string of the molecule is O=C(Cn1cnc2c(oc3ccccc32)c1=O)NCc1ccc(-c2ccc3c(c2)CCO3)cc1. The first-order valence-electron chi connectivity index (χ1n) is 11.1. The Morgan fingerprint density at radius 3 is 2.74 bits per heavy atom. The average Bonchev–Trinajstić information content (AvgIpc) is 3.49. The lowest BCUT2D eigenvalue weighted by Gasteiger charge is -2.09. The maximum atomic E-state index is 12.8. The molecular formula is C27H21N3O4. The van der Waals surface area contributed by atoms with E-state index < -0.39 is 0 Å². The van der Waals surface area contributed by atoms with Crippen molar-refractivity contribution in [2.24, 2.45) is 0 Å². The molecule has 5 aromatic rings. The van der Waals surface area contributed by atoms with Gasteiger partial charge in [-0.2, -0.15) is 0 Å². The minimum Gasteiger partial charge on any atom is -0.493 e. The van der Waals surface area contributed by atoms with E-state index >= 15 is 0 Å². The largest absolute Gasteiger partial charge is 0.493 e. The highest BCUT2D eigenvalue weighted by Gasteiger charge is 2.15. The number of nitrogens with one attached hydrogen (secondary N) is 1. The molecule has 6 rings (SSSR count). The van der Waals surface area contributed by atoms with Gasteiger partial charge in [0, 0.05) is 18.4 Å². The first-order valence-corrected chi connectivity index (χ1v) is 11.1. The van der Waals surface area contributed by atoms with E-state index in [4.69, 9.17) is 9.15 Å². The Bertz CT molecular complexity index is 1600. The van der Waals surface area contributed by atoms with E-state index in [0.29, 0.717) is 17.6 Å². The second-order valence-electron chi connectivity index (χ2n) is 8.35. The summed E-state index contributed by atoms with van der Waals surface area (Å²) in [7, 11) is 0. The Balaban J connectivity index is 1.13. The summed E-state index contributed by atoms with van der Waals surface area (Å²) >= 11 is 0. The van der Waals surface area contributed by atoms with Crippen LogP contribution in [0.5, 0.6) is 5.75 Å². The highest BCUT2D eigenvalue weighted by molar-refractivity contribution is 6.01. The molecule has 3 aromatic carbocycles. The third-order valence-electron chi connectivity index (χ3n) is 6.13. The molecule has 0 bridgehead atoms. The Morgan fingerprint density at radius 2 is 1.85 bits per heavy atom. The number of amides is 1. The van der Waals surface area contributed by atoms with Crippen LogP contribution in [0.1, 0.15) is 11.1 Å². The summed E-state index contributed by atoms with van der Waals surface area (Å²) in [6.07, 6.45) is 2.33. The van der Waals surface area contributed by atoms with E-state index in [1.165, 1.54) is 16.5 Å². The molecule has 3 heterocycles. The van der Waals surface area contributed by atoms with Crippen LogP contribution in [0.15, 0.2) is 82.3 Å². The van der Waals surface area contributed by atoms with Crippen molar-refractivity contribution in [1.29, 1.82) is 0 Å². The summed E-state index contributed by atoms with van der Waals surface area (Å²) in [5, 5.41) is 3.65. The van der Waals surface area contributed by atoms with Crippen LogP contribution in [-0.4, -0.2) is 22.1 Å². The minimum atomic E-state index is -0.375. The molecule has 1 N–H and O–H groups in total. The standard InChI is InChI=1S/C27H21N3O4/c31-24(15-30-16-29-25-21-3-1-2-4-23(21)34-26(25)27(30)32)28-14-17-5-7-18(8-6-17)19-9-10-22-20(13-19)11-12-33-22/h1-10,13,16H,11-12,14-15H2,(H,28,31). The minimum absolute atomic E-state index is 0.131. The summed E-state index contributed by atoms with van der Waals surface area (Å²) < 4.78 is 12.5. The number of rotatable bonds is 5. The van der Waals surface area contributed by atoms with Gasteiger partial charge in [0.1, 0.15) is 23.4 Å². The molecule has 0 saturated carbocycles. The number of ether oxygens (including phenoxy) is 1. The van der Waals surface area contributed by atoms with Gasteiger partial charge in [-0.25, -0.2) is 4.98 Å². The highest BCUT2D eigenvalue weighted by atomic mass is 16.5. The molecule has 0 unspecified atom stereocenters. The topological polar surface area (TPSA) is 86.4 Å². The van der Waals surface area contributed by atoms with E-state index in [9.17, 15) is 9.59 Å². The van der Waals surface area contributed by atoms with E-state index in [2.05, 4.69) is 22.4 Å². The Kier molecular flexibility index (Phi) is 4.87. The van der Waals surface area contributed by atoms with E-state index in [-0.39, 0.29) is 23.6 Å². The number of furan rings is 1. The van der Waals surface area contributed by atoms with E-state index in [1.807, 2.05) is 48.5 Å².